The molecule has 0 saturated heterocycles. The molecule has 2 N–H and O–H groups in total. The zero-order valence-corrected chi connectivity index (χ0v) is 9.37. The Morgan fingerprint density at radius 3 is 2.75 bits per heavy atom. The third-order valence-corrected chi connectivity index (χ3v) is 1.83. The van der Waals surface area contributed by atoms with E-state index in [0.29, 0.717) is 12.2 Å². The van der Waals surface area contributed by atoms with E-state index in [4.69, 9.17) is 4.52 Å². The van der Waals surface area contributed by atoms with Crippen LogP contribution in [0.5, 0.6) is 0 Å². The van der Waals surface area contributed by atoms with Gasteiger partial charge in [0, 0.05) is 12.6 Å². The first kappa shape index (κ1) is 12.2. The van der Waals surface area contributed by atoms with Crippen molar-refractivity contribution in [3.05, 3.63) is 17.5 Å². The number of carbonyl (C=O) groups is 2. The van der Waals surface area contributed by atoms with E-state index < -0.39 is 5.91 Å². The van der Waals surface area contributed by atoms with Gasteiger partial charge in [0.1, 0.15) is 0 Å². The molecule has 0 aromatic carbocycles. The zero-order chi connectivity index (χ0) is 12.0. The molecule has 0 saturated carbocycles. The number of carbonyl (C=O) groups excluding carboxylic acids is 2. The second-order valence-electron chi connectivity index (χ2n) is 3.37. The molecule has 2 amide bonds. The van der Waals surface area contributed by atoms with Crippen LogP contribution in [-0.2, 0) is 4.79 Å². The first-order valence-electron chi connectivity index (χ1n) is 5.11. The Morgan fingerprint density at radius 1 is 1.44 bits per heavy atom. The summed E-state index contributed by atoms with van der Waals surface area (Å²) in [6, 6.07) is 1.51. The van der Waals surface area contributed by atoms with Gasteiger partial charge >= 0.3 is 0 Å². The number of aryl methyl sites for hydroxylation is 1. The molecule has 0 atom stereocenters. The predicted molar refractivity (Wildman–Crippen MR) is 56.9 cm³/mol. The summed E-state index contributed by atoms with van der Waals surface area (Å²) in [5, 5.41) is 8.66. The largest absolute Gasteiger partial charge is 0.355 e. The van der Waals surface area contributed by atoms with Gasteiger partial charge in [-0.15, -0.1) is 0 Å². The van der Waals surface area contributed by atoms with E-state index in [1.54, 1.807) is 6.92 Å². The van der Waals surface area contributed by atoms with Crippen LogP contribution in [-0.4, -0.2) is 30.1 Å². The fourth-order valence-corrected chi connectivity index (χ4v) is 1.05. The first-order valence-corrected chi connectivity index (χ1v) is 5.11. The van der Waals surface area contributed by atoms with Crippen molar-refractivity contribution in [2.24, 2.45) is 0 Å². The predicted octanol–water partition coefficient (Wildman–Crippen LogP) is 0.239. The van der Waals surface area contributed by atoms with Crippen molar-refractivity contribution in [1.29, 1.82) is 0 Å². The van der Waals surface area contributed by atoms with Gasteiger partial charge in [0.05, 0.1) is 12.2 Å². The topological polar surface area (TPSA) is 84.2 Å². The average Bonchev–Trinajstić information content (AvgIpc) is 2.69. The highest BCUT2D eigenvalue weighted by Gasteiger charge is 2.12. The van der Waals surface area contributed by atoms with Crippen molar-refractivity contribution in [2.45, 2.75) is 20.3 Å². The van der Waals surface area contributed by atoms with Gasteiger partial charge in [-0.3, -0.25) is 9.59 Å². The quantitative estimate of drug-likeness (QED) is 0.751. The Labute approximate surface area is 93.4 Å². The molecule has 1 heterocycles. The van der Waals surface area contributed by atoms with Gasteiger partial charge in [0.2, 0.25) is 11.7 Å². The van der Waals surface area contributed by atoms with Crippen LogP contribution in [0.25, 0.3) is 0 Å². The zero-order valence-electron chi connectivity index (χ0n) is 9.37. The van der Waals surface area contributed by atoms with Crippen LogP contribution in [0.15, 0.2) is 10.6 Å². The van der Waals surface area contributed by atoms with Crippen LogP contribution in [0.2, 0.25) is 0 Å². The van der Waals surface area contributed by atoms with Crippen molar-refractivity contribution in [1.82, 2.24) is 15.8 Å². The Morgan fingerprint density at radius 2 is 2.19 bits per heavy atom. The minimum atomic E-state index is -0.438. The molecule has 0 bridgehead atoms. The molecule has 0 aliphatic heterocycles. The molecule has 16 heavy (non-hydrogen) atoms. The summed E-state index contributed by atoms with van der Waals surface area (Å²) in [7, 11) is 0. The van der Waals surface area contributed by atoms with E-state index >= 15 is 0 Å². The number of nitrogens with one attached hydrogen (secondary N) is 2. The second kappa shape index (κ2) is 5.89. The Hall–Kier alpha value is -1.85. The van der Waals surface area contributed by atoms with Crippen molar-refractivity contribution in [3.63, 3.8) is 0 Å². The van der Waals surface area contributed by atoms with E-state index in [0.717, 1.165) is 6.42 Å². The summed E-state index contributed by atoms with van der Waals surface area (Å²) < 4.78 is 4.75. The molecule has 0 unspecified atom stereocenters. The lowest BCUT2D eigenvalue weighted by Gasteiger charge is -2.03. The maximum atomic E-state index is 11.4. The highest BCUT2D eigenvalue weighted by atomic mass is 16.5. The summed E-state index contributed by atoms with van der Waals surface area (Å²) in [6.07, 6.45) is 0.862. The Balaban J connectivity index is 2.33. The molecule has 0 aliphatic carbocycles. The lowest BCUT2D eigenvalue weighted by atomic mass is 10.3. The van der Waals surface area contributed by atoms with E-state index in [1.807, 2.05) is 6.92 Å². The number of aromatic nitrogens is 1. The average molecular weight is 225 g/mol. The third-order valence-electron chi connectivity index (χ3n) is 1.83. The normalized spacial score (nSPS) is 9.88. The standard InChI is InChI=1S/C10H15N3O3/c1-3-4-11-9(14)6-12-10(15)8-5-7(2)13-16-8/h5H,3-4,6H2,1-2H3,(H,11,14)(H,12,15). The Kier molecular flexibility index (Phi) is 4.50. The monoisotopic (exact) mass is 225 g/mol. The van der Waals surface area contributed by atoms with Gasteiger partial charge in [-0.05, 0) is 13.3 Å². The fourth-order valence-electron chi connectivity index (χ4n) is 1.05. The van der Waals surface area contributed by atoms with Crippen LogP contribution < -0.4 is 10.6 Å². The molecule has 0 radical (unpaired) electrons. The second-order valence-corrected chi connectivity index (χ2v) is 3.37. The van der Waals surface area contributed by atoms with Gasteiger partial charge in [0.15, 0.2) is 0 Å². The summed E-state index contributed by atoms with van der Waals surface area (Å²) in [6.45, 7) is 4.22. The van der Waals surface area contributed by atoms with E-state index in [9.17, 15) is 9.59 Å². The van der Waals surface area contributed by atoms with Crippen molar-refractivity contribution >= 4 is 11.8 Å². The fraction of sp³-hybridized carbons (Fsp3) is 0.500. The molecule has 1 rings (SSSR count). The maximum absolute atomic E-state index is 11.4. The lowest BCUT2D eigenvalue weighted by Crippen LogP contribution is -2.37. The minimum Gasteiger partial charge on any atom is -0.355 e. The molecular formula is C10H15N3O3. The molecule has 1 aromatic rings. The van der Waals surface area contributed by atoms with Crippen LogP contribution in [0.4, 0.5) is 0 Å². The summed E-state index contributed by atoms with van der Waals surface area (Å²) in [5.74, 6) is -0.542. The van der Waals surface area contributed by atoms with Crippen LogP contribution in [0.3, 0.4) is 0 Å². The van der Waals surface area contributed by atoms with E-state index in [2.05, 4.69) is 15.8 Å². The van der Waals surface area contributed by atoms with Crippen molar-refractivity contribution in [3.8, 4) is 0 Å². The number of nitrogens with zero attached hydrogens (tertiary/aromatic N) is 1. The molecule has 0 fully saturated rings. The van der Waals surface area contributed by atoms with Crippen LogP contribution >= 0.6 is 0 Å². The van der Waals surface area contributed by atoms with Gasteiger partial charge in [-0.1, -0.05) is 12.1 Å². The minimum absolute atomic E-state index is 0.0570. The van der Waals surface area contributed by atoms with Gasteiger partial charge < -0.3 is 15.2 Å². The van der Waals surface area contributed by atoms with Crippen LogP contribution in [0, 0.1) is 6.92 Å². The highest BCUT2D eigenvalue weighted by Crippen LogP contribution is 2.00. The maximum Gasteiger partial charge on any atom is 0.290 e. The number of hydrogen-bond acceptors (Lipinski definition) is 4. The molecule has 1 aromatic heterocycles. The molecule has 0 aliphatic rings. The smallest absolute Gasteiger partial charge is 0.290 e. The van der Waals surface area contributed by atoms with Crippen molar-refractivity contribution in [2.75, 3.05) is 13.1 Å². The van der Waals surface area contributed by atoms with Crippen LogP contribution in [0.1, 0.15) is 29.6 Å². The first-order chi connectivity index (χ1) is 7.63. The molecule has 0 spiro atoms. The molecule has 6 nitrogen and oxygen atoms in total. The number of hydrogen-bond donors (Lipinski definition) is 2. The molecule has 88 valence electrons. The lowest BCUT2D eigenvalue weighted by molar-refractivity contribution is -0.120. The SMILES string of the molecule is CCCNC(=O)CNC(=O)c1cc(C)no1. The number of amides is 2. The van der Waals surface area contributed by atoms with E-state index in [1.165, 1.54) is 6.07 Å². The molecule has 6 heteroatoms. The summed E-state index contributed by atoms with van der Waals surface area (Å²) in [5.41, 5.74) is 0.626. The van der Waals surface area contributed by atoms with E-state index in [-0.39, 0.29) is 18.2 Å². The van der Waals surface area contributed by atoms with Gasteiger partial charge in [-0.25, -0.2) is 0 Å². The highest BCUT2D eigenvalue weighted by molar-refractivity contribution is 5.94. The third kappa shape index (κ3) is 3.72. The van der Waals surface area contributed by atoms with Gasteiger partial charge in [-0.2, -0.15) is 0 Å². The Bertz CT molecular complexity index is 373. The summed E-state index contributed by atoms with van der Waals surface area (Å²) in [4.78, 5) is 22.6. The molecular weight excluding hydrogens is 210 g/mol. The summed E-state index contributed by atoms with van der Waals surface area (Å²) >= 11 is 0. The van der Waals surface area contributed by atoms with Gasteiger partial charge in [0.25, 0.3) is 5.91 Å². The van der Waals surface area contributed by atoms with Crippen molar-refractivity contribution < 1.29 is 14.1 Å². The number of rotatable bonds is 5.